The predicted octanol–water partition coefficient (Wildman–Crippen LogP) is 4.82. The smallest absolute Gasteiger partial charge is 0.148 e. The molecule has 108 valence electrons. The quantitative estimate of drug-likeness (QED) is 0.832. The highest BCUT2D eigenvalue weighted by Crippen LogP contribution is 2.32. The third-order valence-corrected chi connectivity index (χ3v) is 4.88. The van der Waals surface area contributed by atoms with Crippen LogP contribution in [0.2, 0.25) is 0 Å². The summed E-state index contributed by atoms with van der Waals surface area (Å²) < 4.78 is 20.3. The summed E-state index contributed by atoms with van der Waals surface area (Å²) in [6, 6.07) is 6.67. The molecule has 0 bridgehead atoms. The van der Waals surface area contributed by atoms with E-state index in [4.69, 9.17) is 10.5 Å². The van der Waals surface area contributed by atoms with Crippen LogP contribution in [0.4, 0.5) is 4.39 Å². The van der Waals surface area contributed by atoms with Gasteiger partial charge in [0.1, 0.15) is 17.7 Å². The standard InChI is InChI=1S/C15H17BrFNOS/c1-3-13(18)15(14-7-10(16)8-20-14)19-11-4-5-12(17)9(2)6-11/h4-8,13,15H,3,18H2,1-2H3. The first kappa shape index (κ1) is 15.5. The molecule has 0 saturated heterocycles. The maximum absolute atomic E-state index is 13.3. The fraction of sp³-hybridized carbons (Fsp3) is 0.333. The van der Waals surface area contributed by atoms with Crippen molar-refractivity contribution in [1.29, 1.82) is 0 Å². The van der Waals surface area contributed by atoms with E-state index in [9.17, 15) is 4.39 Å². The summed E-state index contributed by atoms with van der Waals surface area (Å²) in [6.07, 6.45) is 0.585. The Morgan fingerprint density at radius 3 is 2.70 bits per heavy atom. The van der Waals surface area contributed by atoms with Crippen molar-refractivity contribution in [3.63, 3.8) is 0 Å². The fourth-order valence-corrected chi connectivity index (χ4v) is 3.43. The third kappa shape index (κ3) is 3.59. The maximum atomic E-state index is 13.3. The lowest BCUT2D eigenvalue weighted by molar-refractivity contribution is 0.174. The zero-order valence-corrected chi connectivity index (χ0v) is 13.8. The van der Waals surface area contributed by atoms with Gasteiger partial charge < -0.3 is 10.5 Å². The van der Waals surface area contributed by atoms with Crippen LogP contribution in [0.5, 0.6) is 5.75 Å². The van der Waals surface area contributed by atoms with E-state index >= 15 is 0 Å². The Bertz CT molecular complexity index is 587. The molecule has 5 heteroatoms. The fourth-order valence-electron chi connectivity index (χ4n) is 1.89. The second-order valence-electron chi connectivity index (χ2n) is 4.69. The van der Waals surface area contributed by atoms with Crippen molar-refractivity contribution in [2.24, 2.45) is 5.73 Å². The predicted molar refractivity (Wildman–Crippen MR) is 84.8 cm³/mol. The van der Waals surface area contributed by atoms with Crippen LogP contribution in [0.15, 0.2) is 34.1 Å². The molecule has 2 N–H and O–H groups in total. The van der Waals surface area contributed by atoms with Crippen LogP contribution >= 0.6 is 27.3 Å². The van der Waals surface area contributed by atoms with Gasteiger partial charge in [0.2, 0.25) is 0 Å². The lowest BCUT2D eigenvalue weighted by Crippen LogP contribution is -2.30. The SMILES string of the molecule is CCC(N)C(Oc1ccc(F)c(C)c1)c1cc(Br)cs1. The number of thiophene rings is 1. The largest absolute Gasteiger partial charge is 0.483 e. The summed E-state index contributed by atoms with van der Waals surface area (Å²) in [4.78, 5) is 1.06. The molecule has 2 unspecified atom stereocenters. The highest BCUT2D eigenvalue weighted by molar-refractivity contribution is 9.10. The summed E-state index contributed by atoms with van der Waals surface area (Å²) in [5.41, 5.74) is 6.73. The molecule has 2 aromatic rings. The average molecular weight is 358 g/mol. The highest BCUT2D eigenvalue weighted by Gasteiger charge is 2.22. The zero-order valence-electron chi connectivity index (χ0n) is 11.4. The van der Waals surface area contributed by atoms with Crippen molar-refractivity contribution < 1.29 is 9.13 Å². The van der Waals surface area contributed by atoms with E-state index in [-0.39, 0.29) is 18.0 Å². The molecule has 1 aromatic carbocycles. The molecule has 1 aromatic heterocycles. The molecule has 0 radical (unpaired) electrons. The van der Waals surface area contributed by atoms with Crippen molar-refractivity contribution in [2.75, 3.05) is 0 Å². The van der Waals surface area contributed by atoms with Gasteiger partial charge in [-0.25, -0.2) is 4.39 Å². The van der Waals surface area contributed by atoms with Gasteiger partial charge in [0, 0.05) is 20.8 Å². The average Bonchev–Trinajstić information content (AvgIpc) is 2.85. The summed E-state index contributed by atoms with van der Waals surface area (Å²) in [5, 5.41) is 2.00. The molecule has 0 amide bonds. The first-order valence-corrected chi connectivity index (χ1v) is 8.11. The third-order valence-electron chi connectivity index (χ3n) is 3.12. The van der Waals surface area contributed by atoms with E-state index in [1.54, 1.807) is 30.4 Å². The van der Waals surface area contributed by atoms with Crippen LogP contribution in [0.25, 0.3) is 0 Å². The lowest BCUT2D eigenvalue weighted by Gasteiger charge is -2.23. The number of benzene rings is 1. The van der Waals surface area contributed by atoms with E-state index in [2.05, 4.69) is 15.9 Å². The first-order valence-electron chi connectivity index (χ1n) is 6.43. The Morgan fingerprint density at radius 2 is 2.15 bits per heavy atom. The summed E-state index contributed by atoms with van der Waals surface area (Å²) in [6.45, 7) is 3.75. The molecule has 2 nitrogen and oxygen atoms in total. The van der Waals surface area contributed by atoms with Crippen molar-refractivity contribution >= 4 is 27.3 Å². The molecule has 0 fully saturated rings. The van der Waals surface area contributed by atoms with Crippen molar-refractivity contribution in [1.82, 2.24) is 0 Å². The molecule has 20 heavy (non-hydrogen) atoms. The Hall–Kier alpha value is -0.910. The molecule has 0 saturated carbocycles. The molecule has 1 heterocycles. The van der Waals surface area contributed by atoms with Gasteiger partial charge in [-0.05, 0) is 59.1 Å². The van der Waals surface area contributed by atoms with Gasteiger partial charge in [0.05, 0.1) is 0 Å². The second-order valence-corrected chi connectivity index (χ2v) is 6.55. The summed E-state index contributed by atoms with van der Waals surface area (Å²) >= 11 is 5.04. The summed E-state index contributed by atoms with van der Waals surface area (Å²) in [5.74, 6) is 0.412. The van der Waals surface area contributed by atoms with Crippen LogP contribution in [0, 0.1) is 12.7 Å². The number of aryl methyl sites for hydroxylation is 1. The highest BCUT2D eigenvalue weighted by atomic mass is 79.9. The van der Waals surface area contributed by atoms with E-state index in [1.165, 1.54) is 6.07 Å². The van der Waals surface area contributed by atoms with E-state index in [1.807, 2.05) is 18.4 Å². The monoisotopic (exact) mass is 357 g/mol. The van der Waals surface area contributed by atoms with Gasteiger partial charge in [0.15, 0.2) is 0 Å². The number of rotatable bonds is 5. The normalized spacial score (nSPS) is 14.1. The number of halogens is 2. The van der Waals surface area contributed by atoms with Gasteiger partial charge >= 0.3 is 0 Å². The minimum Gasteiger partial charge on any atom is -0.483 e. The van der Waals surface area contributed by atoms with Gasteiger partial charge in [0.25, 0.3) is 0 Å². The Balaban J connectivity index is 2.25. The second kappa shape index (κ2) is 6.70. The van der Waals surface area contributed by atoms with Gasteiger partial charge in [-0.1, -0.05) is 6.92 Å². The minimum atomic E-state index is -0.229. The number of nitrogens with two attached hydrogens (primary N) is 1. The Kier molecular flexibility index (Phi) is 5.18. The number of hydrogen-bond donors (Lipinski definition) is 1. The Labute approximate surface area is 130 Å². The number of hydrogen-bond acceptors (Lipinski definition) is 3. The topological polar surface area (TPSA) is 35.2 Å². The zero-order chi connectivity index (χ0) is 14.7. The molecule has 2 atom stereocenters. The van der Waals surface area contributed by atoms with Gasteiger partial charge in [-0.2, -0.15) is 0 Å². The Morgan fingerprint density at radius 1 is 1.40 bits per heavy atom. The molecule has 0 spiro atoms. The van der Waals surface area contributed by atoms with Crippen LogP contribution in [0.1, 0.15) is 29.9 Å². The minimum absolute atomic E-state index is 0.106. The molecule has 0 aliphatic carbocycles. The van der Waals surface area contributed by atoms with Crippen LogP contribution in [-0.4, -0.2) is 6.04 Å². The molecule has 0 aliphatic rings. The summed E-state index contributed by atoms with van der Waals surface area (Å²) in [7, 11) is 0. The van der Waals surface area contributed by atoms with E-state index < -0.39 is 0 Å². The first-order chi connectivity index (χ1) is 9.51. The van der Waals surface area contributed by atoms with Crippen LogP contribution in [0.3, 0.4) is 0 Å². The lowest BCUT2D eigenvalue weighted by atomic mass is 10.1. The van der Waals surface area contributed by atoms with Crippen molar-refractivity contribution in [2.45, 2.75) is 32.4 Å². The molecule has 0 aliphatic heterocycles. The van der Waals surface area contributed by atoms with Gasteiger partial charge in [-0.3, -0.25) is 0 Å². The van der Waals surface area contributed by atoms with Crippen molar-refractivity contribution in [3.8, 4) is 5.75 Å². The van der Waals surface area contributed by atoms with E-state index in [0.29, 0.717) is 11.3 Å². The molecule has 2 rings (SSSR count). The molecular formula is C15H17BrFNOS. The van der Waals surface area contributed by atoms with Crippen molar-refractivity contribution in [3.05, 3.63) is 50.4 Å². The van der Waals surface area contributed by atoms with Crippen LogP contribution in [-0.2, 0) is 0 Å². The molecular weight excluding hydrogens is 341 g/mol. The number of ether oxygens (including phenoxy) is 1. The van der Waals surface area contributed by atoms with Gasteiger partial charge in [-0.15, -0.1) is 11.3 Å². The maximum Gasteiger partial charge on any atom is 0.148 e. The van der Waals surface area contributed by atoms with Crippen LogP contribution < -0.4 is 10.5 Å². The van der Waals surface area contributed by atoms with E-state index in [0.717, 1.165) is 15.8 Å².